The van der Waals surface area contributed by atoms with E-state index in [9.17, 15) is 0 Å². The summed E-state index contributed by atoms with van der Waals surface area (Å²) in [4.78, 5) is 1.33. The topological polar surface area (TPSA) is 9.23 Å². The molecule has 1 aromatic heterocycles. The van der Waals surface area contributed by atoms with Gasteiger partial charge in [-0.2, -0.15) is 0 Å². The Bertz CT molecular complexity index is 1250. The number of halogens is 2. The Morgan fingerprint density at radius 2 is 1.21 bits per heavy atom. The average molecular weight is 619 g/mol. The molecule has 0 unspecified atom stereocenters. The van der Waals surface area contributed by atoms with Gasteiger partial charge in [-0.05, 0) is 105 Å². The van der Waals surface area contributed by atoms with Crippen LogP contribution in [-0.4, -0.2) is 0 Å². The number of benzene rings is 4. The molecule has 0 radical (unpaired) electrons. The first-order valence-corrected chi connectivity index (χ1v) is 12.7. The van der Waals surface area contributed by atoms with Crippen molar-refractivity contribution in [2.24, 2.45) is 0 Å². The highest BCUT2D eigenvalue weighted by molar-refractivity contribution is 14.1. The van der Waals surface area contributed by atoms with E-state index in [2.05, 4.69) is 136 Å². The first kappa shape index (κ1) is 19.3. The molecule has 1 heterocycles. The van der Waals surface area contributed by atoms with Gasteiger partial charge in [-0.25, -0.2) is 0 Å². The third-order valence-corrected chi connectivity index (χ3v) is 8.47. The largest absolute Gasteiger partial charge is 0.489 e. The molecule has 4 aromatic carbocycles. The van der Waals surface area contributed by atoms with Crippen LogP contribution in [0.2, 0.25) is 0 Å². The average Bonchev–Trinajstić information content (AvgIpc) is 3.07. The van der Waals surface area contributed by atoms with E-state index in [0.717, 1.165) is 5.75 Å². The summed E-state index contributed by atoms with van der Waals surface area (Å²) in [5, 5.41) is 2.72. The molecule has 4 heteroatoms. The Balaban J connectivity index is 1.47. The van der Waals surface area contributed by atoms with Gasteiger partial charge < -0.3 is 4.74 Å². The molecule has 0 atom stereocenters. The van der Waals surface area contributed by atoms with E-state index in [1.807, 2.05) is 0 Å². The Labute approximate surface area is 200 Å². The normalized spacial score (nSPS) is 11.2. The van der Waals surface area contributed by atoms with Gasteiger partial charge in [-0.15, -0.1) is 0 Å². The fourth-order valence-corrected chi connectivity index (χ4v) is 8.08. The second-order valence-electron chi connectivity index (χ2n) is 6.84. The number of fused-ring (bicyclic) bond motifs is 3. The van der Waals surface area contributed by atoms with Crippen molar-refractivity contribution in [3.05, 3.63) is 104 Å². The molecule has 0 fully saturated rings. The number of hydrogen-bond acceptors (Lipinski definition) is 1. The maximum Gasteiger partial charge on any atom is 0.187 e. The molecule has 0 saturated carbocycles. The lowest BCUT2D eigenvalue weighted by atomic mass is 10.2. The van der Waals surface area contributed by atoms with Crippen molar-refractivity contribution >= 4 is 75.8 Å². The molecule has 142 valence electrons. The van der Waals surface area contributed by atoms with Crippen LogP contribution in [0.5, 0.6) is 5.75 Å². The monoisotopic (exact) mass is 619 g/mol. The van der Waals surface area contributed by atoms with Gasteiger partial charge in [0, 0.05) is 40.5 Å². The van der Waals surface area contributed by atoms with E-state index in [1.165, 1.54) is 37.8 Å². The standard InChI is InChI=1S/C25H17I2OS/c26-18-13-17(14-19(27)15-18)16-28-20-9-11-21(12-10-20)29-24-7-3-1-5-22(24)23-6-2-4-8-25(23)29/h1-15H,16H2/q+1. The summed E-state index contributed by atoms with van der Waals surface area (Å²) in [6.07, 6.45) is 0. The lowest BCUT2D eigenvalue weighted by Gasteiger charge is -2.07. The molecule has 0 amide bonds. The molecule has 0 N–H and O–H groups in total. The second kappa shape index (κ2) is 8.24. The summed E-state index contributed by atoms with van der Waals surface area (Å²) in [5.41, 5.74) is 1.20. The first-order chi connectivity index (χ1) is 14.2. The van der Waals surface area contributed by atoms with Crippen molar-refractivity contribution in [3.63, 3.8) is 0 Å². The highest BCUT2D eigenvalue weighted by Gasteiger charge is 2.22. The molecular formula is C25H17I2OS+. The SMILES string of the molecule is Ic1cc(I)cc(COc2ccc(-[s+]3c4ccccc4c4ccccc43)cc2)c1. The van der Waals surface area contributed by atoms with Crippen molar-refractivity contribution in [3.8, 4) is 10.6 Å². The minimum absolute atomic E-state index is 0.0525. The summed E-state index contributed by atoms with van der Waals surface area (Å²) in [5.74, 6) is 0.909. The van der Waals surface area contributed by atoms with Crippen LogP contribution >= 0.6 is 55.7 Å². The maximum atomic E-state index is 6.06. The number of rotatable bonds is 4. The first-order valence-electron chi connectivity index (χ1n) is 9.29. The Morgan fingerprint density at radius 1 is 0.655 bits per heavy atom. The van der Waals surface area contributed by atoms with E-state index >= 15 is 0 Å². The molecule has 5 aromatic rings. The van der Waals surface area contributed by atoms with Gasteiger partial charge in [-0.3, -0.25) is 0 Å². The molecule has 0 spiro atoms. The molecule has 0 aliphatic rings. The quantitative estimate of drug-likeness (QED) is 0.145. The predicted octanol–water partition coefficient (Wildman–Crippen LogP) is 8.52. The fraction of sp³-hybridized carbons (Fsp3) is 0.0400. The van der Waals surface area contributed by atoms with Crippen LogP contribution in [0, 0.1) is 7.14 Å². The predicted molar refractivity (Wildman–Crippen MR) is 141 cm³/mol. The molecule has 0 aliphatic heterocycles. The van der Waals surface area contributed by atoms with Gasteiger partial charge in [0.1, 0.15) is 12.4 Å². The van der Waals surface area contributed by atoms with Gasteiger partial charge in [0.2, 0.25) is 0 Å². The highest BCUT2D eigenvalue weighted by Crippen LogP contribution is 2.48. The van der Waals surface area contributed by atoms with E-state index in [1.54, 1.807) is 0 Å². The zero-order valence-electron chi connectivity index (χ0n) is 15.4. The lowest BCUT2D eigenvalue weighted by Crippen LogP contribution is -1.96. The lowest BCUT2D eigenvalue weighted by molar-refractivity contribution is 0.306. The van der Waals surface area contributed by atoms with Crippen molar-refractivity contribution in [2.75, 3.05) is 0 Å². The van der Waals surface area contributed by atoms with Crippen LogP contribution in [0.15, 0.2) is 91.0 Å². The molecule has 1 nitrogen and oxygen atoms in total. The van der Waals surface area contributed by atoms with Crippen LogP contribution in [0.4, 0.5) is 0 Å². The molecular weight excluding hydrogens is 602 g/mol. The zero-order valence-corrected chi connectivity index (χ0v) is 20.6. The number of ether oxygens (including phenoxy) is 1. The van der Waals surface area contributed by atoms with Crippen LogP contribution in [0.25, 0.3) is 25.1 Å². The highest BCUT2D eigenvalue weighted by atomic mass is 127. The summed E-state index contributed by atoms with van der Waals surface area (Å²) in [6.45, 7) is 0.587. The Hall–Kier alpha value is -1.64. The Morgan fingerprint density at radius 3 is 1.79 bits per heavy atom. The molecule has 0 aliphatic carbocycles. The van der Waals surface area contributed by atoms with E-state index in [0.29, 0.717) is 6.61 Å². The van der Waals surface area contributed by atoms with Gasteiger partial charge in [0.15, 0.2) is 14.3 Å². The molecule has 0 saturated heterocycles. The van der Waals surface area contributed by atoms with Crippen LogP contribution in [0.3, 0.4) is 0 Å². The molecule has 0 bridgehead atoms. The number of thiophene rings is 1. The molecule has 5 rings (SSSR count). The van der Waals surface area contributed by atoms with E-state index in [4.69, 9.17) is 4.74 Å². The van der Waals surface area contributed by atoms with E-state index in [-0.39, 0.29) is 10.5 Å². The summed E-state index contributed by atoms with van der Waals surface area (Å²) < 4.78 is 11.4. The third-order valence-electron chi connectivity index (χ3n) is 4.89. The minimum Gasteiger partial charge on any atom is -0.489 e. The van der Waals surface area contributed by atoms with Gasteiger partial charge in [0.05, 0.1) is 0 Å². The fourth-order valence-electron chi connectivity index (χ4n) is 3.64. The van der Waals surface area contributed by atoms with Gasteiger partial charge in [-0.1, -0.05) is 24.3 Å². The van der Waals surface area contributed by atoms with Crippen molar-refractivity contribution in [1.29, 1.82) is 0 Å². The molecule has 29 heavy (non-hydrogen) atoms. The van der Waals surface area contributed by atoms with Crippen LogP contribution < -0.4 is 4.74 Å². The Kier molecular flexibility index (Phi) is 5.49. The van der Waals surface area contributed by atoms with Crippen LogP contribution in [0.1, 0.15) is 5.56 Å². The van der Waals surface area contributed by atoms with Crippen molar-refractivity contribution in [2.45, 2.75) is 6.61 Å². The minimum atomic E-state index is -0.0525. The van der Waals surface area contributed by atoms with Crippen molar-refractivity contribution in [1.82, 2.24) is 0 Å². The zero-order chi connectivity index (χ0) is 19.8. The van der Waals surface area contributed by atoms with Crippen molar-refractivity contribution < 1.29 is 4.74 Å². The maximum absolute atomic E-state index is 6.06. The number of hydrogen-bond donors (Lipinski definition) is 0. The summed E-state index contributed by atoms with van der Waals surface area (Å²) in [7, 11) is -0.0525. The van der Waals surface area contributed by atoms with Gasteiger partial charge >= 0.3 is 0 Å². The second-order valence-corrected chi connectivity index (χ2v) is 11.3. The summed E-state index contributed by atoms with van der Waals surface area (Å²) >= 11 is 4.70. The summed E-state index contributed by atoms with van der Waals surface area (Å²) in [6, 6.07) is 32.7. The van der Waals surface area contributed by atoms with Gasteiger partial charge in [0.25, 0.3) is 0 Å². The smallest absolute Gasteiger partial charge is 0.187 e. The third kappa shape index (κ3) is 3.90. The van der Waals surface area contributed by atoms with Crippen LogP contribution in [-0.2, 0) is 6.61 Å². The van der Waals surface area contributed by atoms with E-state index < -0.39 is 0 Å².